The van der Waals surface area contributed by atoms with Gasteiger partial charge in [0.25, 0.3) is 0 Å². The Morgan fingerprint density at radius 1 is 1.56 bits per heavy atom. The van der Waals surface area contributed by atoms with E-state index in [1.54, 1.807) is 0 Å². The van der Waals surface area contributed by atoms with Crippen molar-refractivity contribution in [2.75, 3.05) is 0 Å². The molecule has 0 atom stereocenters. The number of carboxylic acids is 1. The molecule has 0 saturated carbocycles. The van der Waals surface area contributed by atoms with Crippen molar-refractivity contribution in [3.63, 3.8) is 0 Å². The summed E-state index contributed by atoms with van der Waals surface area (Å²) in [6.07, 6.45) is 2.10. The maximum absolute atomic E-state index is 10.9. The second-order valence-electron chi connectivity index (χ2n) is 4.02. The van der Waals surface area contributed by atoms with Gasteiger partial charge in [-0.1, -0.05) is 13.8 Å². The quantitative estimate of drug-likeness (QED) is 0.857. The van der Waals surface area contributed by atoms with E-state index < -0.39 is 5.97 Å². The Morgan fingerprint density at radius 2 is 2.31 bits per heavy atom. The molecule has 1 N–H and O–H groups in total. The van der Waals surface area contributed by atoms with Gasteiger partial charge in [-0.15, -0.1) is 0 Å². The number of nitrogens with zero attached hydrogens (tertiary/aromatic N) is 2. The summed E-state index contributed by atoms with van der Waals surface area (Å²) < 4.78 is 5.42. The number of hydrogen-bond donors (Lipinski definition) is 1. The summed E-state index contributed by atoms with van der Waals surface area (Å²) in [5.74, 6) is -0.0906. The van der Waals surface area contributed by atoms with Crippen LogP contribution in [0.1, 0.15) is 30.1 Å². The number of carbonyl (C=O) groups is 1. The average molecular weight is 220 g/mol. The molecule has 0 spiro atoms. The van der Waals surface area contributed by atoms with Crippen LogP contribution in [0.4, 0.5) is 0 Å². The van der Waals surface area contributed by atoms with Gasteiger partial charge in [-0.25, -0.2) is 9.78 Å². The summed E-state index contributed by atoms with van der Waals surface area (Å²) >= 11 is 0. The summed E-state index contributed by atoms with van der Waals surface area (Å²) in [4.78, 5) is 19.1. The molecule has 0 aliphatic heterocycles. The lowest BCUT2D eigenvalue weighted by molar-refractivity contribution is 0.0697. The van der Waals surface area contributed by atoms with Crippen molar-refractivity contribution in [3.8, 4) is 0 Å². The topological polar surface area (TPSA) is 76.2 Å². The molecule has 2 rings (SSSR count). The van der Waals surface area contributed by atoms with Gasteiger partial charge in [-0.2, -0.15) is 4.98 Å². The van der Waals surface area contributed by atoms with Crippen LogP contribution in [0.2, 0.25) is 0 Å². The normalized spacial score (nSPS) is 11.2. The molecule has 16 heavy (non-hydrogen) atoms. The highest BCUT2D eigenvalue weighted by molar-refractivity contribution is 5.98. The molecule has 0 aliphatic rings. The fraction of sp³-hybridized carbons (Fsp3) is 0.364. The van der Waals surface area contributed by atoms with E-state index in [1.165, 1.54) is 12.3 Å². The minimum absolute atomic E-state index is 0.104. The summed E-state index contributed by atoms with van der Waals surface area (Å²) in [5.41, 5.74) is 0.716. The zero-order valence-corrected chi connectivity index (χ0v) is 9.10. The van der Waals surface area contributed by atoms with Crippen LogP contribution < -0.4 is 0 Å². The SMILES string of the molecule is CC(C)Cc1nc2nccc(C(=O)O)c2o1. The van der Waals surface area contributed by atoms with E-state index in [-0.39, 0.29) is 11.1 Å². The van der Waals surface area contributed by atoms with E-state index in [0.717, 1.165) is 0 Å². The first-order valence-electron chi connectivity index (χ1n) is 5.05. The van der Waals surface area contributed by atoms with E-state index in [0.29, 0.717) is 23.9 Å². The van der Waals surface area contributed by atoms with Crippen LogP contribution in [-0.2, 0) is 6.42 Å². The minimum atomic E-state index is -1.03. The number of pyridine rings is 1. The average Bonchev–Trinajstić information content (AvgIpc) is 2.57. The van der Waals surface area contributed by atoms with Gasteiger partial charge in [-0.3, -0.25) is 0 Å². The molecule has 0 unspecified atom stereocenters. The van der Waals surface area contributed by atoms with Gasteiger partial charge in [0.2, 0.25) is 0 Å². The second-order valence-corrected chi connectivity index (χ2v) is 4.02. The lowest BCUT2D eigenvalue weighted by Gasteiger charge is -1.97. The van der Waals surface area contributed by atoms with Crippen LogP contribution >= 0.6 is 0 Å². The molecule has 0 aliphatic carbocycles. The van der Waals surface area contributed by atoms with Crippen LogP contribution in [0.25, 0.3) is 11.2 Å². The Morgan fingerprint density at radius 3 is 2.94 bits per heavy atom. The van der Waals surface area contributed by atoms with Crippen LogP contribution in [0.5, 0.6) is 0 Å². The van der Waals surface area contributed by atoms with Crippen LogP contribution in [0.3, 0.4) is 0 Å². The van der Waals surface area contributed by atoms with Crippen molar-refractivity contribution in [2.24, 2.45) is 5.92 Å². The molecule has 0 aromatic carbocycles. The van der Waals surface area contributed by atoms with Crippen LogP contribution in [-0.4, -0.2) is 21.0 Å². The van der Waals surface area contributed by atoms with Crippen molar-refractivity contribution >= 4 is 17.2 Å². The first-order chi connectivity index (χ1) is 7.58. The van der Waals surface area contributed by atoms with Gasteiger partial charge in [0.15, 0.2) is 17.1 Å². The lowest BCUT2D eigenvalue weighted by Crippen LogP contribution is -1.96. The summed E-state index contributed by atoms with van der Waals surface area (Å²) in [6, 6.07) is 1.41. The number of oxazole rings is 1. The minimum Gasteiger partial charge on any atom is -0.478 e. The molecule has 0 amide bonds. The summed E-state index contributed by atoms with van der Waals surface area (Å²) in [7, 11) is 0. The smallest absolute Gasteiger partial charge is 0.339 e. The molecule has 2 heterocycles. The van der Waals surface area contributed by atoms with Gasteiger partial charge in [0.1, 0.15) is 5.56 Å². The Labute approximate surface area is 92.1 Å². The maximum atomic E-state index is 10.9. The van der Waals surface area contributed by atoms with E-state index in [1.807, 2.05) is 13.8 Å². The first kappa shape index (κ1) is 10.6. The van der Waals surface area contributed by atoms with Crippen LogP contribution in [0.15, 0.2) is 16.7 Å². The zero-order chi connectivity index (χ0) is 11.7. The van der Waals surface area contributed by atoms with Crippen molar-refractivity contribution in [1.29, 1.82) is 0 Å². The highest BCUT2D eigenvalue weighted by Gasteiger charge is 2.15. The Kier molecular flexibility index (Phi) is 2.60. The third-order valence-electron chi connectivity index (χ3n) is 2.15. The van der Waals surface area contributed by atoms with Gasteiger partial charge in [-0.05, 0) is 12.0 Å². The molecule has 5 nitrogen and oxygen atoms in total. The Bertz CT molecular complexity index is 531. The maximum Gasteiger partial charge on any atom is 0.339 e. The van der Waals surface area contributed by atoms with Crippen molar-refractivity contribution in [3.05, 3.63) is 23.7 Å². The number of carboxylic acid groups (broad SMARTS) is 1. The molecule has 2 aromatic heterocycles. The van der Waals surface area contributed by atoms with E-state index >= 15 is 0 Å². The van der Waals surface area contributed by atoms with Crippen molar-refractivity contribution in [1.82, 2.24) is 9.97 Å². The molecular weight excluding hydrogens is 208 g/mol. The van der Waals surface area contributed by atoms with Gasteiger partial charge >= 0.3 is 5.97 Å². The molecule has 0 saturated heterocycles. The Hall–Kier alpha value is -1.91. The molecular formula is C11H12N2O3. The van der Waals surface area contributed by atoms with Crippen LogP contribution in [0, 0.1) is 5.92 Å². The van der Waals surface area contributed by atoms with E-state index in [2.05, 4.69) is 9.97 Å². The number of hydrogen-bond acceptors (Lipinski definition) is 4. The van der Waals surface area contributed by atoms with Gasteiger partial charge < -0.3 is 9.52 Å². The standard InChI is InChI=1S/C11H12N2O3/c1-6(2)5-8-13-10-9(16-8)7(11(14)15)3-4-12-10/h3-4,6H,5H2,1-2H3,(H,14,15). The highest BCUT2D eigenvalue weighted by Crippen LogP contribution is 2.19. The third kappa shape index (κ3) is 1.88. The number of aromatic carboxylic acids is 1. The zero-order valence-electron chi connectivity index (χ0n) is 9.10. The second kappa shape index (κ2) is 3.92. The van der Waals surface area contributed by atoms with E-state index in [9.17, 15) is 4.79 Å². The molecule has 0 bridgehead atoms. The molecule has 5 heteroatoms. The summed E-state index contributed by atoms with van der Waals surface area (Å²) in [6.45, 7) is 4.08. The summed E-state index contributed by atoms with van der Waals surface area (Å²) in [5, 5.41) is 8.96. The number of fused-ring (bicyclic) bond motifs is 1. The Balaban J connectivity index is 2.52. The molecule has 0 fully saturated rings. The fourth-order valence-corrected chi connectivity index (χ4v) is 1.48. The number of rotatable bonds is 3. The first-order valence-corrected chi connectivity index (χ1v) is 5.05. The predicted octanol–water partition coefficient (Wildman–Crippen LogP) is 2.12. The number of aromatic nitrogens is 2. The molecule has 2 aromatic rings. The molecule has 84 valence electrons. The lowest BCUT2D eigenvalue weighted by atomic mass is 10.1. The predicted molar refractivity (Wildman–Crippen MR) is 57.3 cm³/mol. The highest BCUT2D eigenvalue weighted by atomic mass is 16.4. The van der Waals surface area contributed by atoms with Crippen molar-refractivity contribution < 1.29 is 14.3 Å². The van der Waals surface area contributed by atoms with Gasteiger partial charge in [0, 0.05) is 12.6 Å². The van der Waals surface area contributed by atoms with E-state index in [4.69, 9.17) is 9.52 Å². The monoisotopic (exact) mass is 220 g/mol. The van der Waals surface area contributed by atoms with Crippen molar-refractivity contribution in [2.45, 2.75) is 20.3 Å². The third-order valence-corrected chi connectivity index (χ3v) is 2.15. The van der Waals surface area contributed by atoms with Gasteiger partial charge in [0.05, 0.1) is 0 Å². The molecule has 0 radical (unpaired) electrons. The fourth-order valence-electron chi connectivity index (χ4n) is 1.48. The largest absolute Gasteiger partial charge is 0.478 e.